The molecule has 0 aromatic carbocycles. The number of amides is 2. The zero-order valence-corrected chi connectivity index (χ0v) is 9.01. The average Bonchev–Trinajstić information content (AvgIpc) is 2.18. The molecule has 2 amide bonds. The van der Waals surface area contributed by atoms with Crippen molar-refractivity contribution in [3.63, 3.8) is 0 Å². The molecule has 0 radical (unpaired) electrons. The van der Waals surface area contributed by atoms with Crippen LogP contribution in [-0.2, 0) is 0 Å². The highest BCUT2D eigenvalue weighted by molar-refractivity contribution is 7.80. The van der Waals surface area contributed by atoms with Crippen molar-refractivity contribution in [1.29, 1.82) is 5.41 Å². The smallest absolute Gasteiger partial charge is 0.322 e. The standard InChI is InChI=1S/C8H13N5OS/c9-6(10)1-3-11-8(14)13-4-2-7(15)12-5-13/h5H,1-4H2,(H3,9,10)(H,11,14). The van der Waals surface area contributed by atoms with Gasteiger partial charge in [0.05, 0.1) is 12.2 Å². The van der Waals surface area contributed by atoms with Gasteiger partial charge in [-0.05, 0) is 0 Å². The molecule has 0 saturated carbocycles. The number of carbonyl (C=O) groups excluding carboxylic acids is 1. The van der Waals surface area contributed by atoms with Gasteiger partial charge in [0, 0.05) is 25.9 Å². The van der Waals surface area contributed by atoms with Crippen molar-refractivity contribution in [1.82, 2.24) is 10.2 Å². The summed E-state index contributed by atoms with van der Waals surface area (Å²) in [6.45, 7) is 0.914. The molecule has 1 aliphatic heterocycles. The van der Waals surface area contributed by atoms with E-state index in [4.69, 9.17) is 23.4 Å². The predicted molar refractivity (Wildman–Crippen MR) is 62.3 cm³/mol. The second-order valence-corrected chi connectivity index (χ2v) is 3.56. The largest absolute Gasteiger partial charge is 0.388 e. The second kappa shape index (κ2) is 5.40. The van der Waals surface area contributed by atoms with E-state index in [2.05, 4.69) is 10.3 Å². The molecule has 0 fully saturated rings. The van der Waals surface area contributed by atoms with Gasteiger partial charge in [0.25, 0.3) is 0 Å². The highest BCUT2D eigenvalue weighted by Crippen LogP contribution is 2.00. The van der Waals surface area contributed by atoms with Crippen molar-refractivity contribution < 1.29 is 4.79 Å². The zero-order chi connectivity index (χ0) is 11.3. The Kier molecular flexibility index (Phi) is 4.17. The maximum Gasteiger partial charge on any atom is 0.322 e. The monoisotopic (exact) mass is 227 g/mol. The number of urea groups is 1. The van der Waals surface area contributed by atoms with Crippen LogP contribution in [0.1, 0.15) is 12.8 Å². The first-order valence-electron chi connectivity index (χ1n) is 4.54. The summed E-state index contributed by atoms with van der Waals surface area (Å²) in [7, 11) is 0. The SMILES string of the molecule is N=C(N)CCNC(=O)N1C=NC(=S)CC1. The van der Waals surface area contributed by atoms with E-state index in [-0.39, 0.29) is 11.9 Å². The van der Waals surface area contributed by atoms with E-state index >= 15 is 0 Å². The van der Waals surface area contributed by atoms with E-state index in [1.807, 2.05) is 0 Å². The van der Waals surface area contributed by atoms with Crippen LogP contribution in [0.4, 0.5) is 4.79 Å². The summed E-state index contributed by atoms with van der Waals surface area (Å²) in [5.41, 5.74) is 5.15. The molecule has 7 heteroatoms. The summed E-state index contributed by atoms with van der Waals surface area (Å²) in [6.07, 6.45) is 2.40. The molecular weight excluding hydrogens is 214 g/mol. The first-order valence-corrected chi connectivity index (χ1v) is 4.95. The lowest BCUT2D eigenvalue weighted by Crippen LogP contribution is -2.42. The van der Waals surface area contributed by atoms with E-state index in [0.29, 0.717) is 30.9 Å². The summed E-state index contributed by atoms with van der Waals surface area (Å²) in [6, 6.07) is -0.234. The molecule has 6 nitrogen and oxygen atoms in total. The van der Waals surface area contributed by atoms with Crippen molar-refractivity contribution in [3.05, 3.63) is 0 Å². The van der Waals surface area contributed by atoms with Gasteiger partial charge >= 0.3 is 6.03 Å². The summed E-state index contributed by atoms with van der Waals surface area (Å²) in [5.74, 6) is 0.0591. The highest BCUT2D eigenvalue weighted by Gasteiger charge is 2.14. The van der Waals surface area contributed by atoms with Crippen molar-refractivity contribution in [3.8, 4) is 0 Å². The van der Waals surface area contributed by atoms with E-state index < -0.39 is 0 Å². The average molecular weight is 227 g/mol. The predicted octanol–water partition coefficient (Wildman–Crippen LogP) is 0.0835. The topological polar surface area (TPSA) is 94.6 Å². The number of nitrogens with one attached hydrogen (secondary N) is 2. The molecule has 1 aliphatic rings. The van der Waals surface area contributed by atoms with E-state index in [9.17, 15) is 4.79 Å². The van der Waals surface area contributed by atoms with Gasteiger partial charge in [-0.3, -0.25) is 10.3 Å². The van der Waals surface area contributed by atoms with E-state index in [1.165, 1.54) is 11.2 Å². The molecule has 0 spiro atoms. The number of nitrogens with two attached hydrogens (primary N) is 1. The summed E-state index contributed by atoms with van der Waals surface area (Å²) in [5, 5.41) is 9.61. The van der Waals surface area contributed by atoms with Crippen molar-refractivity contribution in [2.24, 2.45) is 10.7 Å². The molecule has 1 rings (SSSR count). The molecule has 15 heavy (non-hydrogen) atoms. The van der Waals surface area contributed by atoms with Gasteiger partial charge in [-0.2, -0.15) is 0 Å². The lowest BCUT2D eigenvalue weighted by Gasteiger charge is -2.20. The number of thiocarbonyl (C=S) groups is 1. The zero-order valence-electron chi connectivity index (χ0n) is 8.19. The third kappa shape index (κ3) is 4.03. The minimum atomic E-state index is -0.234. The van der Waals surface area contributed by atoms with Crippen LogP contribution in [0, 0.1) is 5.41 Å². The van der Waals surface area contributed by atoms with Gasteiger partial charge in [-0.15, -0.1) is 0 Å². The minimum Gasteiger partial charge on any atom is -0.388 e. The molecule has 0 unspecified atom stereocenters. The van der Waals surface area contributed by atoms with Crippen LogP contribution >= 0.6 is 12.2 Å². The number of carbonyl (C=O) groups is 1. The summed E-state index contributed by atoms with van der Waals surface area (Å²) < 4.78 is 0. The number of amidine groups is 1. The first kappa shape index (κ1) is 11.6. The summed E-state index contributed by atoms with van der Waals surface area (Å²) in [4.78, 5) is 17.4. The molecule has 0 aromatic heterocycles. The van der Waals surface area contributed by atoms with Gasteiger partial charge in [0.1, 0.15) is 4.99 Å². The highest BCUT2D eigenvalue weighted by atomic mass is 32.1. The number of rotatable bonds is 3. The Morgan fingerprint density at radius 2 is 2.53 bits per heavy atom. The molecule has 0 aliphatic carbocycles. The van der Waals surface area contributed by atoms with Crippen LogP contribution in [0.5, 0.6) is 0 Å². The molecule has 0 bridgehead atoms. The quantitative estimate of drug-likeness (QED) is 0.362. The fraction of sp³-hybridized carbons (Fsp3) is 0.500. The third-order valence-corrected chi connectivity index (χ3v) is 2.15. The Hall–Kier alpha value is -1.50. The Bertz CT molecular complexity index is 314. The second-order valence-electron chi connectivity index (χ2n) is 3.09. The molecule has 1 heterocycles. The summed E-state index contributed by atoms with van der Waals surface area (Å²) >= 11 is 4.87. The van der Waals surface area contributed by atoms with E-state index in [0.717, 1.165) is 0 Å². The lowest BCUT2D eigenvalue weighted by molar-refractivity contribution is 0.222. The Morgan fingerprint density at radius 3 is 3.07 bits per heavy atom. The van der Waals surface area contributed by atoms with Gasteiger partial charge in [-0.25, -0.2) is 9.79 Å². The van der Waals surface area contributed by atoms with Crippen LogP contribution in [0.2, 0.25) is 0 Å². The van der Waals surface area contributed by atoms with Crippen LogP contribution in [0.3, 0.4) is 0 Å². The van der Waals surface area contributed by atoms with Crippen LogP contribution in [-0.4, -0.2) is 41.2 Å². The Labute approximate surface area is 93.0 Å². The Morgan fingerprint density at radius 1 is 1.80 bits per heavy atom. The normalized spacial score (nSPS) is 15.2. The fourth-order valence-corrected chi connectivity index (χ4v) is 1.17. The van der Waals surface area contributed by atoms with Crippen LogP contribution in [0.15, 0.2) is 4.99 Å². The first-order chi connectivity index (χ1) is 7.09. The fourth-order valence-electron chi connectivity index (χ4n) is 1.03. The van der Waals surface area contributed by atoms with Gasteiger partial charge in [0.2, 0.25) is 0 Å². The number of aliphatic imine (C=N–C) groups is 1. The number of hydrogen-bond acceptors (Lipinski definition) is 3. The molecule has 0 saturated heterocycles. The maximum absolute atomic E-state index is 11.5. The Balaban J connectivity index is 2.31. The van der Waals surface area contributed by atoms with Crippen LogP contribution in [0.25, 0.3) is 0 Å². The number of hydrogen-bond donors (Lipinski definition) is 3. The molecule has 4 N–H and O–H groups in total. The lowest BCUT2D eigenvalue weighted by atomic mass is 10.3. The van der Waals surface area contributed by atoms with Gasteiger partial charge < -0.3 is 11.1 Å². The minimum absolute atomic E-state index is 0.0591. The molecule has 0 aromatic rings. The maximum atomic E-state index is 11.5. The van der Waals surface area contributed by atoms with Crippen molar-refractivity contribution >= 4 is 35.4 Å². The van der Waals surface area contributed by atoms with Gasteiger partial charge in [-0.1, -0.05) is 12.2 Å². The number of nitrogens with zero attached hydrogens (tertiary/aromatic N) is 2. The molecule has 0 atom stereocenters. The molecular formula is C8H13N5OS. The van der Waals surface area contributed by atoms with E-state index in [1.54, 1.807) is 0 Å². The van der Waals surface area contributed by atoms with Crippen molar-refractivity contribution in [2.45, 2.75) is 12.8 Å². The van der Waals surface area contributed by atoms with Crippen LogP contribution < -0.4 is 11.1 Å². The third-order valence-electron chi connectivity index (χ3n) is 1.84. The van der Waals surface area contributed by atoms with Gasteiger partial charge in [0.15, 0.2) is 0 Å². The van der Waals surface area contributed by atoms with Crippen molar-refractivity contribution in [2.75, 3.05) is 13.1 Å². The molecule has 82 valence electrons.